The quantitative estimate of drug-likeness (QED) is 0.633. The van der Waals surface area contributed by atoms with Gasteiger partial charge in [-0.15, -0.1) is 0 Å². The fraction of sp³-hybridized carbons (Fsp3) is 0.304. The molecule has 2 heterocycles. The molecule has 2 aromatic carbocycles. The van der Waals surface area contributed by atoms with Crippen LogP contribution in [-0.2, 0) is 27.2 Å². The molecule has 1 aromatic heterocycles. The minimum Gasteiger partial charge on any atom is -0.467 e. The SMILES string of the molecule is COC(=O)[C@H](Cc1ccccc1)N1CCN[C@@H](Cc2c[nH]c3ccccc23)C1=O. The van der Waals surface area contributed by atoms with E-state index in [4.69, 9.17) is 4.74 Å². The molecule has 1 aliphatic heterocycles. The number of H-pyrrole nitrogens is 1. The number of aromatic amines is 1. The summed E-state index contributed by atoms with van der Waals surface area (Å²) in [6, 6.07) is 16.8. The van der Waals surface area contributed by atoms with Crippen LogP contribution in [-0.4, -0.2) is 54.0 Å². The van der Waals surface area contributed by atoms with Gasteiger partial charge in [0, 0.05) is 36.6 Å². The summed E-state index contributed by atoms with van der Waals surface area (Å²) in [5, 5.41) is 4.44. The Kier molecular flexibility index (Phi) is 5.62. The Balaban J connectivity index is 1.55. The fourth-order valence-corrected chi connectivity index (χ4v) is 4.04. The second-order valence-electron chi connectivity index (χ2n) is 7.33. The molecular weight excluding hydrogens is 366 g/mol. The van der Waals surface area contributed by atoms with E-state index in [9.17, 15) is 9.59 Å². The number of aromatic nitrogens is 1. The zero-order valence-corrected chi connectivity index (χ0v) is 16.4. The largest absolute Gasteiger partial charge is 0.467 e. The minimum absolute atomic E-state index is 0.0622. The van der Waals surface area contributed by atoms with Crippen molar-refractivity contribution in [3.05, 3.63) is 71.9 Å². The molecule has 29 heavy (non-hydrogen) atoms. The van der Waals surface area contributed by atoms with Crippen molar-refractivity contribution in [1.82, 2.24) is 15.2 Å². The number of methoxy groups -OCH3 is 1. The van der Waals surface area contributed by atoms with E-state index in [0.29, 0.717) is 25.9 Å². The average molecular weight is 391 g/mol. The Hall–Kier alpha value is -3.12. The van der Waals surface area contributed by atoms with E-state index in [-0.39, 0.29) is 17.9 Å². The van der Waals surface area contributed by atoms with Gasteiger partial charge in [0.25, 0.3) is 0 Å². The molecule has 2 N–H and O–H groups in total. The van der Waals surface area contributed by atoms with Crippen molar-refractivity contribution in [1.29, 1.82) is 0 Å². The monoisotopic (exact) mass is 391 g/mol. The number of hydrogen-bond donors (Lipinski definition) is 2. The van der Waals surface area contributed by atoms with Gasteiger partial charge in [0.15, 0.2) is 0 Å². The van der Waals surface area contributed by atoms with Gasteiger partial charge >= 0.3 is 5.97 Å². The molecule has 0 saturated carbocycles. The number of carbonyl (C=O) groups is 2. The maximum absolute atomic E-state index is 13.3. The van der Waals surface area contributed by atoms with Crippen LogP contribution in [0.25, 0.3) is 10.9 Å². The van der Waals surface area contributed by atoms with Crippen LogP contribution in [0.4, 0.5) is 0 Å². The minimum atomic E-state index is -0.623. The van der Waals surface area contributed by atoms with Crippen LogP contribution >= 0.6 is 0 Å². The van der Waals surface area contributed by atoms with E-state index >= 15 is 0 Å². The number of amides is 1. The van der Waals surface area contributed by atoms with Crippen molar-refractivity contribution < 1.29 is 14.3 Å². The van der Waals surface area contributed by atoms with Crippen LogP contribution in [0.2, 0.25) is 0 Å². The third-order valence-corrected chi connectivity index (χ3v) is 5.54. The highest BCUT2D eigenvalue weighted by Crippen LogP contribution is 2.21. The predicted octanol–water partition coefficient (Wildman–Crippen LogP) is 2.30. The van der Waals surface area contributed by atoms with Crippen LogP contribution in [0.15, 0.2) is 60.8 Å². The number of esters is 1. The summed E-state index contributed by atoms with van der Waals surface area (Å²) in [5.41, 5.74) is 3.15. The molecule has 0 bridgehead atoms. The number of nitrogens with zero attached hydrogens (tertiary/aromatic N) is 1. The summed E-state index contributed by atoms with van der Waals surface area (Å²) in [6.07, 6.45) is 2.97. The summed E-state index contributed by atoms with van der Waals surface area (Å²) < 4.78 is 5.03. The Bertz CT molecular complexity index is 999. The van der Waals surface area contributed by atoms with Crippen molar-refractivity contribution in [3.8, 4) is 0 Å². The molecule has 1 saturated heterocycles. The van der Waals surface area contributed by atoms with E-state index in [1.165, 1.54) is 7.11 Å². The normalized spacial score (nSPS) is 18.0. The van der Waals surface area contributed by atoms with Crippen molar-refractivity contribution in [3.63, 3.8) is 0 Å². The number of hydrogen-bond acceptors (Lipinski definition) is 4. The highest BCUT2D eigenvalue weighted by Gasteiger charge is 2.37. The second kappa shape index (κ2) is 8.49. The first-order valence-corrected chi connectivity index (χ1v) is 9.88. The number of rotatable bonds is 6. The van der Waals surface area contributed by atoms with Crippen LogP contribution in [0, 0.1) is 0 Å². The molecule has 150 valence electrons. The number of carbonyl (C=O) groups excluding carboxylic acids is 2. The second-order valence-corrected chi connectivity index (χ2v) is 7.33. The maximum atomic E-state index is 13.3. The first-order chi connectivity index (χ1) is 14.2. The number of piperazine rings is 1. The number of para-hydroxylation sites is 1. The van der Waals surface area contributed by atoms with Gasteiger partial charge in [-0.1, -0.05) is 48.5 Å². The Morgan fingerprint density at radius 2 is 1.93 bits per heavy atom. The van der Waals surface area contributed by atoms with E-state index in [0.717, 1.165) is 22.0 Å². The van der Waals surface area contributed by atoms with Crippen LogP contribution in [0.1, 0.15) is 11.1 Å². The summed E-state index contributed by atoms with van der Waals surface area (Å²) >= 11 is 0. The van der Waals surface area contributed by atoms with Crippen molar-refractivity contribution in [2.75, 3.05) is 20.2 Å². The summed E-state index contributed by atoms with van der Waals surface area (Å²) in [6.45, 7) is 1.12. The summed E-state index contributed by atoms with van der Waals surface area (Å²) in [5.74, 6) is -0.442. The Morgan fingerprint density at radius 1 is 1.17 bits per heavy atom. The molecule has 4 rings (SSSR count). The lowest BCUT2D eigenvalue weighted by Crippen LogP contribution is -2.60. The fourth-order valence-electron chi connectivity index (χ4n) is 4.04. The van der Waals surface area contributed by atoms with E-state index in [1.54, 1.807) is 4.90 Å². The lowest BCUT2D eigenvalue weighted by atomic mass is 9.99. The van der Waals surface area contributed by atoms with Crippen LogP contribution in [0.5, 0.6) is 0 Å². The third-order valence-electron chi connectivity index (χ3n) is 5.54. The summed E-state index contributed by atoms with van der Waals surface area (Å²) in [7, 11) is 1.37. The molecular formula is C23H25N3O3. The number of fused-ring (bicyclic) bond motifs is 1. The standard InChI is InChI=1S/C23H25N3O3/c1-29-23(28)21(13-16-7-3-2-4-8-16)26-12-11-24-20(22(26)27)14-17-15-25-19-10-6-5-9-18(17)19/h2-10,15,20-21,24-25H,11-14H2,1H3/t20-,21-/m0/s1. The molecule has 0 radical (unpaired) electrons. The molecule has 2 atom stereocenters. The van der Waals surface area contributed by atoms with E-state index < -0.39 is 6.04 Å². The summed E-state index contributed by atoms with van der Waals surface area (Å²) in [4.78, 5) is 30.7. The Labute approximate surface area is 169 Å². The topological polar surface area (TPSA) is 74.4 Å². The third kappa shape index (κ3) is 4.03. The van der Waals surface area contributed by atoms with Crippen molar-refractivity contribution in [2.24, 2.45) is 0 Å². The van der Waals surface area contributed by atoms with Gasteiger partial charge < -0.3 is 19.9 Å². The van der Waals surface area contributed by atoms with E-state index in [2.05, 4.69) is 16.4 Å². The molecule has 1 fully saturated rings. The molecule has 6 heteroatoms. The van der Waals surface area contributed by atoms with Crippen molar-refractivity contribution >= 4 is 22.8 Å². The maximum Gasteiger partial charge on any atom is 0.328 e. The molecule has 6 nitrogen and oxygen atoms in total. The van der Waals surface area contributed by atoms with Gasteiger partial charge in [0.05, 0.1) is 13.2 Å². The van der Waals surface area contributed by atoms with Gasteiger partial charge in [-0.3, -0.25) is 4.79 Å². The first kappa shape index (κ1) is 19.2. The van der Waals surface area contributed by atoms with Crippen LogP contribution < -0.4 is 5.32 Å². The van der Waals surface area contributed by atoms with E-state index in [1.807, 2.05) is 54.7 Å². The lowest BCUT2D eigenvalue weighted by molar-refractivity contribution is -0.154. The highest BCUT2D eigenvalue weighted by molar-refractivity contribution is 5.90. The number of benzene rings is 2. The van der Waals surface area contributed by atoms with Gasteiger partial charge in [0.2, 0.25) is 5.91 Å². The van der Waals surface area contributed by atoms with Gasteiger partial charge in [0.1, 0.15) is 6.04 Å². The molecule has 0 unspecified atom stereocenters. The molecule has 0 spiro atoms. The van der Waals surface area contributed by atoms with Gasteiger partial charge in [-0.25, -0.2) is 4.79 Å². The molecule has 1 amide bonds. The highest BCUT2D eigenvalue weighted by atomic mass is 16.5. The predicted molar refractivity (Wildman–Crippen MR) is 111 cm³/mol. The van der Waals surface area contributed by atoms with Gasteiger partial charge in [-0.05, 0) is 23.6 Å². The van der Waals surface area contributed by atoms with Crippen molar-refractivity contribution in [2.45, 2.75) is 24.9 Å². The zero-order chi connectivity index (χ0) is 20.2. The molecule has 3 aromatic rings. The zero-order valence-electron chi connectivity index (χ0n) is 16.4. The molecule has 1 aliphatic rings. The Morgan fingerprint density at radius 3 is 2.72 bits per heavy atom. The first-order valence-electron chi connectivity index (χ1n) is 9.88. The number of ether oxygens (including phenoxy) is 1. The average Bonchev–Trinajstić information content (AvgIpc) is 3.17. The van der Waals surface area contributed by atoms with Crippen LogP contribution in [0.3, 0.4) is 0 Å². The van der Waals surface area contributed by atoms with Gasteiger partial charge in [-0.2, -0.15) is 0 Å². The smallest absolute Gasteiger partial charge is 0.328 e. The number of nitrogens with one attached hydrogen (secondary N) is 2. The molecule has 0 aliphatic carbocycles. The lowest BCUT2D eigenvalue weighted by Gasteiger charge is -2.37.